The van der Waals surface area contributed by atoms with E-state index in [1.807, 2.05) is 9.80 Å². The lowest BCUT2D eigenvalue weighted by atomic mass is 10.0. The van der Waals surface area contributed by atoms with Gasteiger partial charge >= 0.3 is 23.9 Å². The maximum Gasteiger partial charge on any atom is 0.317 e. The number of anilines is 6. The molecule has 2 aliphatic heterocycles. The van der Waals surface area contributed by atoms with Crippen molar-refractivity contribution in [2.75, 3.05) is 189 Å². The van der Waals surface area contributed by atoms with Crippen LogP contribution in [0, 0.1) is 0 Å². The third-order valence-corrected chi connectivity index (χ3v) is 17.1. The summed E-state index contributed by atoms with van der Waals surface area (Å²) in [6.07, 6.45) is -0.312. The summed E-state index contributed by atoms with van der Waals surface area (Å²) >= 11 is 0. The van der Waals surface area contributed by atoms with Crippen LogP contribution in [0.1, 0.15) is 54.6 Å². The topological polar surface area (TPSA) is 511 Å². The average molecular weight is 1450 g/mol. The van der Waals surface area contributed by atoms with Crippen LogP contribution in [-0.4, -0.2) is 329 Å². The molecule has 1 unspecified atom stereocenters. The SMILES string of the molecule is Nc1nc2ncc(CNc3ccc(C(=O)NC(CCCCC(=O)Nc4ccc(NC(=O)CN5CCN(CC(=O)O)CCN(CC(=O)O)CCN(CC(O)O)CC5)cc4)CCC(=O)Nc4ccc(NC(=O)CN5CCN(CC(=O)O)CCN(CC(=O)O)CCN(CC(O)O)CC5)cc4)cc3)nc2c(=O)[nH]1. The van der Waals surface area contributed by atoms with Gasteiger partial charge < -0.3 is 78.5 Å². The Kier molecular flexibility index (Phi) is 33.0. The molecule has 2 fully saturated rings. The number of hydrogen-bond acceptors (Lipinski definition) is 27. The predicted molar refractivity (Wildman–Crippen MR) is 381 cm³/mol. The Labute approximate surface area is 599 Å². The summed E-state index contributed by atoms with van der Waals surface area (Å²) < 4.78 is 0. The molecule has 37 nitrogen and oxygen atoms in total. The number of carbonyl (C=O) groups excluding carboxylic acids is 5. The minimum atomic E-state index is -1.66. The number of carboxylic acids is 4. The molecule has 5 aromatic rings. The minimum absolute atomic E-state index is 0.0223. The number of aliphatic hydroxyl groups is 4. The van der Waals surface area contributed by atoms with Crippen LogP contribution < -0.4 is 43.2 Å². The number of nitrogens with two attached hydrogens (primary N) is 1. The van der Waals surface area contributed by atoms with Crippen molar-refractivity contribution in [3.63, 3.8) is 0 Å². The first kappa shape index (κ1) is 81.5. The molecular formula is C67H95N19O18. The lowest BCUT2D eigenvalue weighted by Gasteiger charge is -2.33. The fourth-order valence-electron chi connectivity index (χ4n) is 11.8. The molecule has 1 atom stereocenters. The zero-order valence-corrected chi connectivity index (χ0v) is 57.8. The van der Waals surface area contributed by atoms with Gasteiger partial charge in [0.15, 0.2) is 23.7 Å². The number of benzene rings is 3. The van der Waals surface area contributed by atoms with Gasteiger partial charge in [-0.25, -0.2) is 9.97 Å². The third kappa shape index (κ3) is 30.7. The van der Waals surface area contributed by atoms with Crippen molar-refractivity contribution in [3.05, 3.63) is 101 Å². The van der Waals surface area contributed by atoms with E-state index in [1.54, 1.807) is 102 Å². The van der Waals surface area contributed by atoms with Crippen molar-refractivity contribution in [1.29, 1.82) is 0 Å². The molecule has 2 aliphatic rings. The number of H-pyrrole nitrogens is 1. The predicted octanol–water partition coefficient (Wildman–Crippen LogP) is -2.10. The quantitative estimate of drug-likeness (QED) is 0.0158. The monoisotopic (exact) mass is 1450 g/mol. The third-order valence-electron chi connectivity index (χ3n) is 17.1. The number of unbranched alkanes of at least 4 members (excludes halogenated alkanes) is 1. The molecule has 7 rings (SSSR count). The zero-order chi connectivity index (χ0) is 75.1. The number of carbonyl (C=O) groups is 9. The van der Waals surface area contributed by atoms with Crippen LogP contribution in [0.2, 0.25) is 0 Å². The maximum atomic E-state index is 13.9. The smallest absolute Gasteiger partial charge is 0.317 e. The van der Waals surface area contributed by atoms with Crippen molar-refractivity contribution in [2.45, 2.75) is 63.7 Å². The number of fused-ring (bicyclic) bond motifs is 1. The van der Waals surface area contributed by atoms with E-state index in [1.165, 1.54) is 6.20 Å². The van der Waals surface area contributed by atoms with E-state index < -0.39 is 59.9 Å². The summed E-state index contributed by atoms with van der Waals surface area (Å²) in [4.78, 5) is 156. The van der Waals surface area contributed by atoms with Crippen molar-refractivity contribution in [1.82, 2.24) is 64.5 Å². The van der Waals surface area contributed by atoms with Crippen LogP contribution in [0.15, 0.2) is 83.8 Å². The summed E-state index contributed by atoms with van der Waals surface area (Å²) in [5.74, 6) is -6.18. The highest BCUT2D eigenvalue weighted by molar-refractivity contribution is 5.96. The number of hydrogen-bond donors (Lipinski definition) is 16. The van der Waals surface area contributed by atoms with E-state index in [4.69, 9.17) is 5.73 Å². The van der Waals surface area contributed by atoms with Crippen LogP contribution in [0.25, 0.3) is 11.2 Å². The largest absolute Gasteiger partial charge is 0.480 e. The number of nitrogens with one attached hydrogen (secondary N) is 7. The summed E-state index contributed by atoms with van der Waals surface area (Å²) in [5, 5.41) is 95.0. The van der Waals surface area contributed by atoms with Gasteiger partial charge in [-0.1, -0.05) is 6.42 Å². The van der Waals surface area contributed by atoms with E-state index in [9.17, 15) is 88.8 Å². The van der Waals surface area contributed by atoms with Gasteiger partial charge in [0.25, 0.3) is 11.5 Å². The van der Waals surface area contributed by atoms with Gasteiger partial charge in [-0.05, 0) is 92.1 Å². The summed E-state index contributed by atoms with van der Waals surface area (Å²) in [6, 6.07) is 19.0. The summed E-state index contributed by atoms with van der Waals surface area (Å²) in [7, 11) is 0. The van der Waals surface area contributed by atoms with Crippen LogP contribution in [0.5, 0.6) is 0 Å². The van der Waals surface area contributed by atoms with Gasteiger partial charge in [-0.3, -0.25) is 92.1 Å². The number of aromatic amines is 1. The molecule has 0 spiro atoms. The Balaban J connectivity index is 0.922. The Bertz CT molecular complexity index is 3710. The minimum Gasteiger partial charge on any atom is -0.480 e. The molecule has 4 heterocycles. The number of nitrogens with zero attached hydrogens (tertiary/aromatic N) is 11. The molecule has 104 heavy (non-hydrogen) atoms. The van der Waals surface area contributed by atoms with Gasteiger partial charge in [0.2, 0.25) is 29.6 Å². The highest BCUT2D eigenvalue weighted by Crippen LogP contribution is 2.20. The Morgan fingerprint density at radius 2 is 0.798 bits per heavy atom. The number of aliphatic carboxylic acids is 4. The Morgan fingerprint density at radius 3 is 1.18 bits per heavy atom. The standard InChI is InChI=1S/C67H95N19O18/c68-67-77-64-63(66(104)78-67)75-52(36-70-64)35-69-46-7-5-45(6-8-46)65(103)76-47(17-18-54(88)72-49-11-15-51(16-12-49)74-56(90)38-80-21-25-83(41-59(95)96)29-33-86(44-62(101)102)34-30-84(26-22-80)42-60(97)98)3-1-2-4-53(87)71-48-9-13-50(14-10-48)73-55(89)37-79-19-23-81(39-57(91)92)27-31-85(43-61(99)100)32-28-82(24-20-79)40-58(93)94/h5-16,36,47,57,59,69,91-92,95-96H,1-4,17-35,37-44H2,(H,71,87)(H,72,88)(H,73,89)(H,74,90)(H,76,103)(H,93,94)(H,97,98)(H,99,100)(H,101,102)(H3,68,70,77,78,104). The lowest BCUT2D eigenvalue weighted by Crippen LogP contribution is -2.49. The zero-order valence-electron chi connectivity index (χ0n) is 57.8. The number of aromatic nitrogens is 4. The molecule has 37 heteroatoms. The van der Waals surface area contributed by atoms with Crippen molar-refractivity contribution in [3.8, 4) is 0 Å². The van der Waals surface area contributed by atoms with Crippen LogP contribution in [-0.2, 0) is 44.9 Å². The number of rotatable bonds is 33. The molecule has 566 valence electrons. The second kappa shape index (κ2) is 42.1. The maximum absolute atomic E-state index is 13.9. The normalized spacial score (nSPS) is 16.2. The summed E-state index contributed by atoms with van der Waals surface area (Å²) in [5.41, 5.74) is 8.33. The number of carboxylic acid groups (broad SMARTS) is 4. The molecule has 0 radical (unpaired) electrons. The first-order valence-electron chi connectivity index (χ1n) is 34.2. The molecule has 0 saturated carbocycles. The number of amides is 5. The first-order chi connectivity index (χ1) is 49.7. The van der Waals surface area contributed by atoms with Gasteiger partial charge in [0.05, 0.1) is 57.7 Å². The highest BCUT2D eigenvalue weighted by atomic mass is 16.5. The lowest BCUT2D eigenvalue weighted by molar-refractivity contribution is -0.140. The first-order valence-corrected chi connectivity index (χ1v) is 34.2. The van der Waals surface area contributed by atoms with Gasteiger partial charge in [-0.2, -0.15) is 4.98 Å². The van der Waals surface area contributed by atoms with E-state index in [0.717, 1.165) is 0 Å². The molecule has 0 aliphatic carbocycles. The number of nitrogen functional groups attached to an aromatic ring is 1. The van der Waals surface area contributed by atoms with Gasteiger partial charge in [0, 0.05) is 171 Å². The van der Waals surface area contributed by atoms with Crippen LogP contribution in [0.3, 0.4) is 0 Å². The van der Waals surface area contributed by atoms with Crippen LogP contribution >= 0.6 is 0 Å². The summed E-state index contributed by atoms with van der Waals surface area (Å²) in [6.45, 7) is 2.87. The molecular weight excluding hydrogens is 1360 g/mol. The molecule has 2 aromatic heterocycles. The molecule has 5 amide bonds. The highest BCUT2D eigenvalue weighted by Gasteiger charge is 2.25. The van der Waals surface area contributed by atoms with Gasteiger partial charge in [0.1, 0.15) is 0 Å². The second-order valence-electron chi connectivity index (χ2n) is 25.5. The average Bonchev–Trinajstić information content (AvgIpc) is 0.811. The molecule has 2 saturated heterocycles. The fraction of sp³-hybridized carbons (Fsp3) is 0.507. The fourth-order valence-corrected chi connectivity index (χ4v) is 11.8. The van der Waals surface area contributed by atoms with Gasteiger partial charge in [-0.15, -0.1) is 0 Å². The van der Waals surface area contributed by atoms with Crippen molar-refractivity contribution >= 4 is 99.0 Å². The number of β-amino-alcohol motifs (C(OH)–C–C–N with tert-alkyl or cyclic N) is 4. The van der Waals surface area contributed by atoms with Crippen molar-refractivity contribution in [2.24, 2.45) is 0 Å². The molecule has 3 aromatic carbocycles. The second-order valence-corrected chi connectivity index (χ2v) is 25.5. The Hall–Kier alpha value is -9.77. The molecule has 0 bridgehead atoms. The Morgan fingerprint density at radius 1 is 0.442 bits per heavy atom. The number of aliphatic hydroxyl groups excluding tert-OH is 2. The van der Waals surface area contributed by atoms with E-state index in [-0.39, 0.29) is 205 Å². The van der Waals surface area contributed by atoms with E-state index >= 15 is 0 Å². The molecule has 17 N–H and O–H groups in total. The van der Waals surface area contributed by atoms with Crippen molar-refractivity contribution < 1.29 is 84.0 Å². The van der Waals surface area contributed by atoms with E-state index in [2.05, 4.69) is 51.8 Å². The van der Waals surface area contributed by atoms with Crippen LogP contribution in [0.4, 0.5) is 34.4 Å². The van der Waals surface area contributed by atoms with E-state index in [0.29, 0.717) is 72.0 Å².